The SMILES string of the molecule is O=C(CSCc1ccc(Cl)s1)NCC1(O)CCCCC1. The number of carbonyl (C=O) groups excluding carboxylic acids is 1. The average Bonchev–Trinajstić information content (AvgIpc) is 2.83. The van der Waals surface area contributed by atoms with E-state index >= 15 is 0 Å². The summed E-state index contributed by atoms with van der Waals surface area (Å²) in [4.78, 5) is 12.9. The van der Waals surface area contributed by atoms with Gasteiger partial charge in [0.2, 0.25) is 5.91 Å². The standard InChI is InChI=1S/C14H20ClNO2S2/c15-12-5-4-11(20-12)8-19-9-13(17)16-10-14(18)6-2-1-3-7-14/h4-5,18H,1-3,6-10H2,(H,16,17). The molecule has 20 heavy (non-hydrogen) atoms. The summed E-state index contributed by atoms with van der Waals surface area (Å²) in [6, 6.07) is 3.86. The molecule has 2 rings (SSSR count). The van der Waals surface area contributed by atoms with Gasteiger partial charge in [-0.05, 0) is 25.0 Å². The van der Waals surface area contributed by atoms with E-state index in [-0.39, 0.29) is 5.91 Å². The number of hydrogen-bond acceptors (Lipinski definition) is 4. The Kier molecular flexibility index (Phi) is 6.20. The van der Waals surface area contributed by atoms with Gasteiger partial charge < -0.3 is 10.4 Å². The van der Waals surface area contributed by atoms with E-state index in [0.717, 1.165) is 35.8 Å². The van der Waals surface area contributed by atoms with Gasteiger partial charge in [-0.1, -0.05) is 30.9 Å². The predicted molar refractivity (Wildman–Crippen MR) is 86.5 cm³/mol. The lowest BCUT2D eigenvalue weighted by Crippen LogP contribution is -2.44. The van der Waals surface area contributed by atoms with Gasteiger partial charge in [-0.3, -0.25) is 4.79 Å². The highest BCUT2D eigenvalue weighted by atomic mass is 35.5. The molecule has 2 N–H and O–H groups in total. The minimum atomic E-state index is -0.681. The molecular weight excluding hydrogens is 314 g/mol. The first kappa shape index (κ1) is 16.1. The van der Waals surface area contributed by atoms with Crippen LogP contribution in [0.2, 0.25) is 4.34 Å². The topological polar surface area (TPSA) is 49.3 Å². The van der Waals surface area contributed by atoms with Gasteiger partial charge in [0.15, 0.2) is 0 Å². The molecule has 1 aromatic heterocycles. The maximum atomic E-state index is 11.8. The van der Waals surface area contributed by atoms with Crippen molar-refractivity contribution in [3.05, 3.63) is 21.3 Å². The van der Waals surface area contributed by atoms with Gasteiger partial charge in [0.05, 0.1) is 15.7 Å². The molecule has 1 fully saturated rings. The van der Waals surface area contributed by atoms with Gasteiger partial charge in [-0.2, -0.15) is 0 Å². The zero-order valence-corrected chi connectivity index (χ0v) is 13.8. The first-order valence-corrected chi connectivity index (χ1v) is 9.23. The molecule has 3 nitrogen and oxygen atoms in total. The minimum absolute atomic E-state index is 0.00310. The molecule has 0 saturated heterocycles. The fourth-order valence-corrected chi connectivity index (χ4v) is 4.43. The van der Waals surface area contributed by atoms with Crippen LogP contribution in [0.4, 0.5) is 0 Å². The summed E-state index contributed by atoms with van der Waals surface area (Å²) in [5, 5.41) is 13.1. The van der Waals surface area contributed by atoms with Crippen molar-refractivity contribution in [3.8, 4) is 0 Å². The molecular formula is C14H20ClNO2S2. The molecule has 1 aromatic rings. The van der Waals surface area contributed by atoms with E-state index in [1.807, 2.05) is 12.1 Å². The number of aliphatic hydroxyl groups is 1. The normalized spacial score (nSPS) is 17.9. The maximum Gasteiger partial charge on any atom is 0.230 e. The van der Waals surface area contributed by atoms with E-state index in [1.54, 1.807) is 23.1 Å². The summed E-state index contributed by atoms with van der Waals surface area (Å²) in [7, 11) is 0. The lowest BCUT2D eigenvalue weighted by molar-refractivity contribution is -0.120. The van der Waals surface area contributed by atoms with Crippen molar-refractivity contribution in [1.29, 1.82) is 0 Å². The third kappa shape index (κ3) is 5.28. The quantitative estimate of drug-likeness (QED) is 0.838. The zero-order chi connectivity index (χ0) is 14.4. The number of amides is 1. The Morgan fingerprint density at radius 3 is 2.80 bits per heavy atom. The average molecular weight is 334 g/mol. The predicted octanol–water partition coefficient (Wildman–Crippen LogP) is 3.45. The molecule has 1 aliphatic carbocycles. The molecule has 112 valence electrons. The second-order valence-corrected chi connectivity index (χ2v) is 8.05. The van der Waals surface area contributed by atoms with Crippen molar-refractivity contribution in [2.45, 2.75) is 43.5 Å². The first-order valence-electron chi connectivity index (χ1n) is 6.88. The Morgan fingerprint density at radius 1 is 1.40 bits per heavy atom. The van der Waals surface area contributed by atoms with E-state index in [0.29, 0.717) is 12.3 Å². The van der Waals surface area contributed by atoms with Crippen molar-refractivity contribution >= 4 is 40.6 Å². The molecule has 0 atom stereocenters. The maximum absolute atomic E-state index is 11.8. The van der Waals surface area contributed by atoms with Crippen molar-refractivity contribution in [2.75, 3.05) is 12.3 Å². The number of halogens is 1. The summed E-state index contributed by atoms with van der Waals surface area (Å²) >= 11 is 8.97. The molecule has 0 aliphatic heterocycles. The van der Waals surface area contributed by atoms with Crippen LogP contribution in [0, 0.1) is 0 Å². The second-order valence-electron chi connectivity index (χ2n) is 5.26. The molecule has 1 aliphatic rings. The number of thioether (sulfide) groups is 1. The Labute approximate surface area is 133 Å². The Morgan fingerprint density at radius 2 is 2.15 bits per heavy atom. The van der Waals surface area contributed by atoms with E-state index in [1.165, 1.54) is 11.3 Å². The highest BCUT2D eigenvalue weighted by Crippen LogP contribution is 2.27. The highest BCUT2D eigenvalue weighted by molar-refractivity contribution is 7.99. The summed E-state index contributed by atoms with van der Waals surface area (Å²) in [6.07, 6.45) is 4.90. The minimum Gasteiger partial charge on any atom is -0.388 e. The van der Waals surface area contributed by atoms with Crippen LogP contribution in [0.3, 0.4) is 0 Å². The number of carbonyl (C=O) groups is 1. The van der Waals surface area contributed by atoms with Gasteiger partial charge in [0.25, 0.3) is 0 Å². The molecule has 1 amide bonds. The van der Waals surface area contributed by atoms with Crippen LogP contribution < -0.4 is 5.32 Å². The number of rotatable bonds is 6. The molecule has 1 saturated carbocycles. The largest absolute Gasteiger partial charge is 0.388 e. The van der Waals surface area contributed by atoms with Crippen LogP contribution in [-0.4, -0.2) is 28.9 Å². The smallest absolute Gasteiger partial charge is 0.230 e. The number of thiophene rings is 1. The molecule has 0 aromatic carbocycles. The van der Waals surface area contributed by atoms with Crippen molar-refractivity contribution < 1.29 is 9.90 Å². The third-order valence-electron chi connectivity index (χ3n) is 3.51. The molecule has 0 unspecified atom stereocenters. The highest BCUT2D eigenvalue weighted by Gasteiger charge is 2.29. The Balaban J connectivity index is 1.62. The van der Waals surface area contributed by atoms with Crippen LogP contribution in [0.25, 0.3) is 0 Å². The van der Waals surface area contributed by atoms with Gasteiger partial charge in [-0.25, -0.2) is 0 Å². The van der Waals surface area contributed by atoms with Gasteiger partial charge in [0.1, 0.15) is 0 Å². The van der Waals surface area contributed by atoms with E-state index in [9.17, 15) is 9.90 Å². The number of nitrogens with one attached hydrogen (secondary N) is 1. The lowest BCUT2D eigenvalue weighted by atomic mass is 9.85. The van der Waals surface area contributed by atoms with Crippen LogP contribution in [0.5, 0.6) is 0 Å². The molecule has 6 heteroatoms. The van der Waals surface area contributed by atoms with Crippen LogP contribution in [0.15, 0.2) is 12.1 Å². The van der Waals surface area contributed by atoms with Gasteiger partial charge >= 0.3 is 0 Å². The molecule has 1 heterocycles. The second kappa shape index (κ2) is 7.69. The number of hydrogen-bond donors (Lipinski definition) is 2. The van der Waals surface area contributed by atoms with Gasteiger partial charge in [0, 0.05) is 17.2 Å². The zero-order valence-electron chi connectivity index (χ0n) is 11.4. The fourth-order valence-electron chi connectivity index (χ4n) is 2.37. The summed E-state index contributed by atoms with van der Waals surface area (Å²) in [5.74, 6) is 1.22. The van der Waals surface area contributed by atoms with E-state index in [2.05, 4.69) is 5.32 Å². The van der Waals surface area contributed by atoms with E-state index in [4.69, 9.17) is 11.6 Å². The Hall–Kier alpha value is -0.230. The van der Waals surface area contributed by atoms with Crippen LogP contribution >= 0.6 is 34.7 Å². The van der Waals surface area contributed by atoms with Crippen molar-refractivity contribution in [2.24, 2.45) is 0 Å². The Bertz CT molecular complexity index is 444. The fraction of sp³-hybridized carbons (Fsp3) is 0.643. The van der Waals surface area contributed by atoms with Crippen LogP contribution in [0.1, 0.15) is 37.0 Å². The third-order valence-corrected chi connectivity index (χ3v) is 5.90. The summed E-state index contributed by atoms with van der Waals surface area (Å²) < 4.78 is 0.782. The van der Waals surface area contributed by atoms with Crippen molar-refractivity contribution in [1.82, 2.24) is 5.32 Å². The van der Waals surface area contributed by atoms with Crippen molar-refractivity contribution in [3.63, 3.8) is 0 Å². The van der Waals surface area contributed by atoms with Crippen LogP contribution in [-0.2, 0) is 10.5 Å². The summed E-state index contributed by atoms with van der Waals surface area (Å²) in [6.45, 7) is 0.386. The van der Waals surface area contributed by atoms with E-state index < -0.39 is 5.60 Å². The molecule has 0 spiro atoms. The summed E-state index contributed by atoms with van der Waals surface area (Å²) in [5.41, 5.74) is -0.681. The monoisotopic (exact) mass is 333 g/mol. The molecule has 0 bridgehead atoms. The lowest BCUT2D eigenvalue weighted by Gasteiger charge is -2.32. The van der Waals surface area contributed by atoms with Gasteiger partial charge in [-0.15, -0.1) is 23.1 Å². The molecule has 0 radical (unpaired) electrons. The first-order chi connectivity index (χ1) is 9.57.